The molecule has 1 saturated heterocycles. The van der Waals surface area contributed by atoms with Crippen LogP contribution in [0.3, 0.4) is 0 Å². The number of carboxylic acid groups (broad SMARTS) is 1. The lowest BCUT2D eigenvalue weighted by Crippen LogP contribution is -2.48. The van der Waals surface area contributed by atoms with Gasteiger partial charge in [-0.3, -0.25) is 9.59 Å². The number of carboxylic acids is 1. The van der Waals surface area contributed by atoms with Crippen molar-refractivity contribution in [3.63, 3.8) is 0 Å². The van der Waals surface area contributed by atoms with Crippen LogP contribution < -0.4 is 5.32 Å². The van der Waals surface area contributed by atoms with Crippen LogP contribution in [0.2, 0.25) is 0 Å². The van der Waals surface area contributed by atoms with Crippen molar-refractivity contribution in [2.24, 2.45) is 0 Å². The van der Waals surface area contributed by atoms with Gasteiger partial charge in [-0.25, -0.2) is 4.79 Å². The first-order chi connectivity index (χ1) is 12.9. The highest BCUT2D eigenvalue weighted by molar-refractivity contribution is 5.99. The number of likely N-dealkylation sites (tertiary alicyclic amines) is 1. The van der Waals surface area contributed by atoms with E-state index in [-0.39, 0.29) is 11.8 Å². The van der Waals surface area contributed by atoms with Crippen molar-refractivity contribution in [3.05, 3.63) is 42.5 Å². The summed E-state index contributed by atoms with van der Waals surface area (Å²) in [5.41, 5.74) is 0.815. The molecule has 7 nitrogen and oxygen atoms in total. The fourth-order valence-electron chi connectivity index (χ4n) is 2.97. The second-order valence-corrected chi connectivity index (χ2v) is 6.51. The second kappa shape index (κ2) is 9.87. The number of hydrogen-bond donors (Lipinski definition) is 2. The molecule has 7 heteroatoms. The third kappa shape index (κ3) is 5.65. The van der Waals surface area contributed by atoms with Gasteiger partial charge in [0.15, 0.2) is 0 Å². The molecule has 0 aromatic heterocycles. The van der Waals surface area contributed by atoms with Crippen LogP contribution in [0.1, 0.15) is 43.0 Å². The van der Waals surface area contributed by atoms with Crippen LogP contribution in [0, 0.1) is 0 Å². The third-order valence-corrected chi connectivity index (χ3v) is 4.48. The molecule has 2 atom stereocenters. The Hall–Kier alpha value is -2.67. The maximum Gasteiger partial charge on any atom is 0.326 e. The first kappa shape index (κ1) is 20.6. The highest BCUT2D eigenvalue weighted by Gasteiger charge is 2.32. The quantitative estimate of drug-likeness (QED) is 0.539. The van der Waals surface area contributed by atoms with Crippen LogP contribution >= 0.6 is 0 Å². The summed E-state index contributed by atoms with van der Waals surface area (Å²) in [7, 11) is 0. The number of carbonyl (C=O) groups is 3. The number of nitrogens with one attached hydrogen (secondary N) is 1. The van der Waals surface area contributed by atoms with Gasteiger partial charge in [0.05, 0.1) is 6.61 Å². The Morgan fingerprint density at radius 1 is 1.41 bits per heavy atom. The van der Waals surface area contributed by atoms with Gasteiger partial charge in [-0.1, -0.05) is 12.1 Å². The molecule has 1 aromatic rings. The number of benzene rings is 1. The fraction of sp³-hybridized carbons (Fsp3) is 0.450. The topological polar surface area (TPSA) is 95.9 Å². The summed E-state index contributed by atoms with van der Waals surface area (Å²) in [5.74, 6) is -1.64. The highest BCUT2D eigenvalue weighted by Crippen LogP contribution is 2.21. The number of piperidine rings is 1. The van der Waals surface area contributed by atoms with Gasteiger partial charge in [-0.15, -0.1) is 6.58 Å². The van der Waals surface area contributed by atoms with Crippen LogP contribution in [-0.2, 0) is 14.3 Å². The van der Waals surface area contributed by atoms with E-state index in [1.54, 1.807) is 37.3 Å². The van der Waals surface area contributed by atoms with E-state index < -0.39 is 18.1 Å². The molecule has 1 aliphatic heterocycles. The summed E-state index contributed by atoms with van der Waals surface area (Å²) in [4.78, 5) is 37.8. The lowest BCUT2D eigenvalue weighted by molar-refractivity contribution is -0.143. The van der Waals surface area contributed by atoms with Crippen molar-refractivity contribution < 1.29 is 24.2 Å². The number of nitrogens with zero attached hydrogens (tertiary/aromatic N) is 1. The van der Waals surface area contributed by atoms with Gasteiger partial charge in [0.1, 0.15) is 12.1 Å². The van der Waals surface area contributed by atoms with Gasteiger partial charge in [0, 0.05) is 17.8 Å². The van der Waals surface area contributed by atoms with Gasteiger partial charge in [0.2, 0.25) is 0 Å². The number of anilines is 1. The van der Waals surface area contributed by atoms with Crippen molar-refractivity contribution in [2.75, 3.05) is 18.5 Å². The van der Waals surface area contributed by atoms with Crippen LogP contribution in [-0.4, -0.2) is 53.1 Å². The lowest BCUT2D eigenvalue weighted by atomic mass is 10.0. The van der Waals surface area contributed by atoms with Crippen molar-refractivity contribution in [3.8, 4) is 0 Å². The maximum absolute atomic E-state index is 12.8. The molecule has 0 saturated carbocycles. The molecule has 2 amide bonds. The molecule has 1 fully saturated rings. The number of carbonyl (C=O) groups excluding carboxylic acids is 2. The Kier molecular flexibility index (Phi) is 7.55. The van der Waals surface area contributed by atoms with E-state index in [1.807, 2.05) is 0 Å². The summed E-state index contributed by atoms with van der Waals surface area (Å²) < 4.78 is 5.41. The normalized spacial score (nSPS) is 17.8. The van der Waals surface area contributed by atoms with Crippen LogP contribution in [0.5, 0.6) is 0 Å². The molecule has 2 rings (SSSR count). The monoisotopic (exact) mass is 374 g/mol. The first-order valence-corrected chi connectivity index (χ1v) is 9.11. The predicted molar refractivity (Wildman–Crippen MR) is 102 cm³/mol. The Labute approximate surface area is 159 Å². The second-order valence-electron chi connectivity index (χ2n) is 6.51. The first-order valence-electron chi connectivity index (χ1n) is 9.11. The average Bonchev–Trinajstić information content (AvgIpc) is 2.67. The Bertz CT molecular complexity index is 703. The maximum atomic E-state index is 12.8. The SMILES string of the molecule is C=CCCOC(C)C(=O)Nc1cccc(C(=O)N2CCCCC2C(=O)O)c1. The minimum absolute atomic E-state index is 0.315. The van der Waals surface area contributed by atoms with Crippen molar-refractivity contribution in [1.82, 2.24) is 4.90 Å². The Balaban J connectivity index is 2.05. The van der Waals surface area contributed by atoms with E-state index in [2.05, 4.69) is 11.9 Å². The molecular weight excluding hydrogens is 348 g/mol. The van der Waals surface area contributed by atoms with Crippen LogP contribution in [0.25, 0.3) is 0 Å². The van der Waals surface area contributed by atoms with Gasteiger partial charge in [-0.05, 0) is 50.8 Å². The van der Waals surface area contributed by atoms with Crippen LogP contribution in [0.4, 0.5) is 5.69 Å². The summed E-state index contributed by atoms with van der Waals surface area (Å²) in [6, 6.07) is 5.71. The average molecular weight is 374 g/mol. The smallest absolute Gasteiger partial charge is 0.326 e. The van der Waals surface area contributed by atoms with Crippen LogP contribution in [0.15, 0.2) is 36.9 Å². The Morgan fingerprint density at radius 3 is 2.89 bits per heavy atom. The van der Waals surface area contributed by atoms with Gasteiger partial charge < -0.3 is 20.1 Å². The molecule has 146 valence electrons. The summed E-state index contributed by atoms with van der Waals surface area (Å²) in [6.45, 7) is 6.07. The van der Waals surface area contributed by atoms with Crippen molar-refractivity contribution in [2.45, 2.75) is 44.8 Å². The van der Waals surface area contributed by atoms with Gasteiger partial charge in [-0.2, -0.15) is 0 Å². The summed E-state index contributed by atoms with van der Waals surface area (Å²) in [5, 5.41) is 12.1. The summed E-state index contributed by atoms with van der Waals surface area (Å²) >= 11 is 0. The molecule has 0 aliphatic carbocycles. The molecule has 2 N–H and O–H groups in total. The minimum atomic E-state index is -0.988. The number of rotatable bonds is 8. The molecule has 1 aliphatic rings. The molecule has 2 unspecified atom stereocenters. The van der Waals surface area contributed by atoms with Gasteiger partial charge >= 0.3 is 5.97 Å². The van der Waals surface area contributed by atoms with E-state index in [0.29, 0.717) is 37.2 Å². The lowest BCUT2D eigenvalue weighted by Gasteiger charge is -2.33. The predicted octanol–water partition coefficient (Wildman–Crippen LogP) is 2.69. The molecule has 27 heavy (non-hydrogen) atoms. The number of ether oxygens (including phenoxy) is 1. The minimum Gasteiger partial charge on any atom is -0.480 e. The molecule has 0 spiro atoms. The Morgan fingerprint density at radius 2 is 2.19 bits per heavy atom. The molecular formula is C20H26N2O5. The fourth-order valence-corrected chi connectivity index (χ4v) is 2.97. The van der Waals surface area contributed by atoms with E-state index >= 15 is 0 Å². The standard InChI is InChI=1S/C20H26N2O5/c1-3-4-12-27-14(2)18(23)21-16-9-7-8-15(13-16)19(24)22-11-6-5-10-17(22)20(25)26/h3,7-9,13-14,17H,1,4-6,10-12H2,2H3,(H,21,23)(H,25,26). The zero-order valence-corrected chi connectivity index (χ0v) is 15.5. The van der Waals surface area contributed by atoms with Gasteiger partial charge in [0.25, 0.3) is 11.8 Å². The number of aliphatic carboxylic acids is 1. The zero-order valence-electron chi connectivity index (χ0n) is 15.5. The molecule has 0 radical (unpaired) electrons. The zero-order chi connectivity index (χ0) is 19.8. The van der Waals surface area contributed by atoms with Crippen molar-refractivity contribution >= 4 is 23.5 Å². The third-order valence-electron chi connectivity index (χ3n) is 4.48. The van der Waals surface area contributed by atoms with Crippen molar-refractivity contribution in [1.29, 1.82) is 0 Å². The van der Waals surface area contributed by atoms with E-state index in [1.165, 1.54) is 4.90 Å². The molecule has 0 bridgehead atoms. The highest BCUT2D eigenvalue weighted by atomic mass is 16.5. The number of hydrogen-bond acceptors (Lipinski definition) is 4. The largest absolute Gasteiger partial charge is 0.480 e. The van der Waals surface area contributed by atoms with E-state index in [0.717, 1.165) is 12.8 Å². The summed E-state index contributed by atoms with van der Waals surface area (Å²) in [6.07, 6.45) is 3.76. The van der Waals surface area contributed by atoms with E-state index in [9.17, 15) is 19.5 Å². The number of amides is 2. The molecule has 1 aromatic carbocycles. The molecule has 1 heterocycles. The van der Waals surface area contributed by atoms with E-state index in [4.69, 9.17) is 4.74 Å².